The third-order valence-corrected chi connectivity index (χ3v) is 6.60. The van der Waals surface area contributed by atoms with Crippen LogP contribution in [0.1, 0.15) is 52.9 Å². The second-order valence-corrected chi connectivity index (χ2v) is 8.70. The molecule has 0 radical (unpaired) electrons. The van der Waals surface area contributed by atoms with Gasteiger partial charge in [-0.2, -0.15) is 4.31 Å². The van der Waals surface area contributed by atoms with Gasteiger partial charge in [-0.15, -0.1) is 0 Å². The fourth-order valence-corrected chi connectivity index (χ4v) is 4.65. The van der Waals surface area contributed by atoms with Crippen LogP contribution < -0.4 is 5.73 Å². The Bertz CT molecular complexity index is 371. The molecule has 1 saturated carbocycles. The highest BCUT2D eigenvalue weighted by Gasteiger charge is 2.41. The number of likely N-dealkylation sites (N-methyl/N-ethyl adjacent to an activating group) is 1. The molecule has 114 valence electrons. The third kappa shape index (κ3) is 4.17. The Kier molecular flexibility index (Phi) is 5.83. The quantitative estimate of drug-likeness (QED) is 0.815. The van der Waals surface area contributed by atoms with E-state index in [-0.39, 0.29) is 11.3 Å². The average molecular weight is 290 g/mol. The summed E-state index contributed by atoms with van der Waals surface area (Å²) in [4.78, 5) is 0. The fraction of sp³-hybridized carbons (Fsp3) is 1.00. The maximum Gasteiger partial charge on any atom is 0.214 e. The summed E-state index contributed by atoms with van der Waals surface area (Å²) in [7, 11) is -1.47. The van der Waals surface area contributed by atoms with Crippen LogP contribution in [-0.2, 0) is 10.0 Å². The Labute approximate surface area is 118 Å². The first-order valence-corrected chi connectivity index (χ1v) is 9.01. The highest BCUT2D eigenvalue weighted by Crippen LogP contribution is 2.36. The highest BCUT2D eigenvalue weighted by molar-refractivity contribution is 7.89. The SMILES string of the molecule is CC(C)CCS(=O)(=O)N(C)C1(CN)CCC(C)CC1. The molecule has 4 nitrogen and oxygen atoms in total. The lowest BCUT2D eigenvalue weighted by Crippen LogP contribution is -2.56. The van der Waals surface area contributed by atoms with Gasteiger partial charge in [0.2, 0.25) is 10.0 Å². The van der Waals surface area contributed by atoms with Crippen molar-refractivity contribution in [3.05, 3.63) is 0 Å². The van der Waals surface area contributed by atoms with E-state index < -0.39 is 10.0 Å². The van der Waals surface area contributed by atoms with Gasteiger partial charge in [0, 0.05) is 19.1 Å². The van der Waals surface area contributed by atoms with Gasteiger partial charge in [-0.25, -0.2) is 8.42 Å². The minimum Gasteiger partial charge on any atom is -0.329 e. The van der Waals surface area contributed by atoms with E-state index in [4.69, 9.17) is 5.73 Å². The summed E-state index contributed by atoms with van der Waals surface area (Å²) in [6, 6.07) is 0. The van der Waals surface area contributed by atoms with Gasteiger partial charge in [0.1, 0.15) is 0 Å². The van der Waals surface area contributed by atoms with Crippen molar-refractivity contribution < 1.29 is 8.42 Å². The third-order valence-electron chi connectivity index (χ3n) is 4.62. The highest BCUT2D eigenvalue weighted by atomic mass is 32.2. The van der Waals surface area contributed by atoms with Crippen LogP contribution in [0.2, 0.25) is 0 Å². The molecule has 0 aromatic heterocycles. The molecule has 0 atom stereocenters. The molecule has 0 aromatic rings. The Hall–Kier alpha value is -0.130. The summed E-state index contributed by atoms with van der Waals surface area (Å²) < 4.78 is 26.5. The first-order valence-electron chi connectivity index (χ1n) is 7.40. The van der Waals surface area contributed by atoms with E-state index >= 15 is 0 Å². The van der Waals surface area contributed by atoms with Gasteiger partial charge in [0.15, 0.2) is 0 Å². The molecule has 0 saturated heterocycles. The van der Waals surface area contributed by atoms with Crippen LogP contribution in [-0.4, -0.2) is 37.6 Å². The number of sulfonamides is 1. The van der Waals surface area contributed by atoms with Gasteiger partial charge in [-0.1, -0.05) is 20.8 Å². The Morgan fingerprint density at radius 3 is 2.26 bits per heavy atom. The summed E-state index contributed by atoms with van der Waals surface area (Å²) in [6.07, 6.45) is 4.64. The van der Waals surface area contributed by atoms with E-state index in [9.17, 15) is 8.42 Å². The molecule has 19 heavy (non-hydrogen) atoms. The summed E-state index contributed by atoms with van der Waals surface area (Å²) in [5, 5.41) is 0. The van der Waals surface area contributed by atoms with Gasteiger partial charge in [-0.3, -0.25) is 0 Å². The maximum atomic E-state index is 12.5. The van der Waals surface area contributed by atoms with Gasteiger partial charge in [-0.05, 0) is 43.9 Å². The molecule has 0 aromatic carbocycles. The molecule has 1 fully saturated rings. The second kappa shape index (κ2) is 6.55. The van der Waals surface area contributed by atoms with Crippen LogP contribution in [0.15, 0.2) is 0 Å². The lowest BCUT2D eigenvalue weighted by Gasteiger charge is -2.44. The average Bonchev–Trinajstić information content (AvgIpc) is 2.37. The zero-order chi connectivity index (χ0) is 14.7. The monoisotopic (exact) mass is 290 g/mol. The first kappa shape index (κ1) is 16.9. The summed E-state index contributed by atoms with van der Waals surface area (Å²) in [5.41, 5.74) is 5.59. The molecule has 1 rings (SSSR count). The van der Waals surface area contributed by atoms with Crippen LogP contribution in [0.3, 0.4) is 0 Å². The minimum absolute atomic E-state index is 0.235. The Morgan fingerprint density at radius 2 is 1.84 bits per heavy atom. The van der Waals surface area contributed by atoms with Crippen molar-refractivity contribution in [3.8, 4) is 0 Å². The number of hydrogen-bond donors (Lipinski definition) is 1. The van der Waals surface area contributed by atoms with E-state index in [1.165, 1.54) is 0 Å². The predicted molar refractivity (Wildman–Crippen MR) is 80.4 cm³/mol. The van der Waals surface area contributed by atoms with Crippen LogP contribution >= 0.6 is 0 Å². The van der Waals surface area contributed by atoms with E-state index in [1.807, 2.05) is 0 Å². The molecule has 2 N–H and O–H groups in total. The van der Waals surface area contributed by atoms with Crippen LogP contribution in [0.4, 0.5) is 0 Å². The molecule has 5 heteroatoms. The predicted octanol–water partition coefficient (Wildman–Crippen LogP) is 2.20. The lowest BCUT2D eigenvalue weighted by atomic mass is 9.77. The Balaban J connectivity index is 2.80. The van der Waals surface area contributed by atoms with Crippen molar-refractivity contribution in [2.24, 2.45) is 17.6 Å². The standard InChI is InChI=1S/C14H30N2O2S/c1-12(2)7-10-19(17,18)16(4)14(11-15)8-5-13(3)6-9-14/h12-13H,5-11,15H2,1-4H3. The first-order chi connectivity index (χ1) is 8.73. The number of hydrogen-bond acceptors (Lipinski definition) is 3. The van der Waals surface area contributed by atoms with E-state index in [0.29, 0.717) is 24.8 Å². The van der Waals surface area contributed by atoms with E-state index in [0.717, 1.165) is 25.7 Å². The maximum absolute atomic E-state index is 12.5. The molecule has 1 aliphatic rings. The van der Waals surface area contributed by atoms with Crippen LogP contribution in [0, 0.1) is 11.8 Å². The Morgan fingerprint density at radius 1 is 1.32 bits per heavy atom. The molecule has 1 aliphatic carbocycles. The van der Waals surface area contributed by atoms with Crippen LogP contribution in [0.25, 0.3) is 0 Å². The van der Waals surface area contributed by atoms with Crippen LogP contribution in [0.5, 0.6) is 0 Å². The van der Waals surface area contributed by atoms with Crippen molar-refractivity contribution >= 4 is 10.0 Å². The molecule has 0 amide bonds. The summed E-state index contributed by atoms with van der Waals surface area (Å²) in [6.45, 7) is 6.76. The van der Waals surface area contributed by atoms with Gasteiger partial charge in [0.25, 0.3) is 0 Å². The van der Waals surface area contributed by atoms with Crippen molar-refractivity contribution in [2.75, 3.05) is 19.3 Å². The zero-order valence-electron chi connectivity index (χ0n) is 12.9. The fourth-order valence-electron chi connectivity index (χ4n) is 2.76. The van der Waals surface area contributed by atoms with Gasteiger partial charge >= 0.3 is 0 Å². The second-order valence-electron chi connectivity index (χ2n) is 6.58. The van der Waals surface area contributed by atoms with E-state index in [1.54, 1.807) is 11.4 Å². The van der Waals surface area contributed by atoms with Crippen molar-refractivity contribution in [2.45, 2.75) is 58.4 Å². The van der Waals surface area contributed by atoms with E-state index in [2.05, 4.69) is 20.8 Å². The number of nitrogens with two attached hydrogens (primary N) is 1. The van der Waals surface area contributed by atoms with Crippen molar-refractivity contribution in [3.63, 3.8) is 0 Å². The minimum atomic E-state index is -3.19. The summed E-state index contributed by atoms with van der Waals surface area (Å²) in [5.74, 6) is 1.33. The topological polar surface area (TPSA) is 63.4 Å². The number of rotatable bonds is 6. The molecule has 0 unspecified atom stereocenters. The molecule has 0 heterocycles. The molecular weight excluding hydrogens is 260 g/mol. The lowest BCUT2D eigenvalue weighted by molar-refractivity contribution is 0.135. The molecule has 0 aliphatic heterocycles. The number of nitrogens with zero attached hydrogens (tertiary/aromatic N) is 1. The van der Waals surface area contributed by atoms with Gasteiger partial charge in [0.05, 0.1) is 5.75 Å². The smallest absolute Gasteiger partial charge is 0.214 e. The zero-order valence-corrected chi connectivity index (χ0v) is 13.7. The molecule has 0 spiro atoms. The summed E-state index contributed by atoms with van der Waals surface area (Å²) >= 11 is 0. The molecular formula is C14H30N2O2S. The van der Waals surface area contributed by atoms with Crippen molar-refractivity contribution in [1.82, 2.24) is 4.31 Å². The van der Waals surface area contributed by atoms with Gasteiger partial charge < -0.3 is 5.73 Å². The van der Waals surface area contributed by atoms with Crippen molar-refractivity contribution in [1.29, 1.82) is 0 Å². The molecule has 0 bridgehead atoms. The normalized spacial score (nSPS) is 29.1. The largest absolute Gasteiger partial charge is 0.329 e.